The van der Waals surface area contributed by atoms with Crippen LogP contribution in [0.1, 0.15) is 72.3 Å². The van der Waals surface area contributed by atoms with Gasteiger partial charge in [-0.3, -0.25) is 29.4 Å². The molecule has 14 nitrogen and oxygen atoms in total. The number of amides is 5. The second-order valence-electron chi connectivity index (χ2n) is 17.7. The lowest BCUT2D eigenvalue weighted by Gasteiger charge is -2.33. The average Bonchev–Trinajstić information content (AvgIpc) is 3.96. The molecule has 0 aliphatic carbocycles. The van der Waals surface area contributed by atoms with Crippen molar-refractivity contribution in [3.63, 3.8) is 0 Å². The number of ketones is 1. The van der Waals surface area contributed by atoms with Gasteiger partial charge in [-0.2, -0.15) is 17.6 Å². The van der Waals surface area contributed by atoms with Gasteiger partial charge in [-0.05, 0) is 115 Å². The number of likely N-dealkylation sites (tertiary alicyclic amines) is 2. The molecular weight excluding hydrogens is 981 g/mol. The first-order valence-corrected chi connectivity index (χ1v) is 24.2. The first kappa shape index (κ1) is 52.9. The Kier molecular flexibility index (Phi) is 17.6. The van der Waals surface area contributed by atoms with Crippen LogP contribution in [0.3, 0.4) is 0 Å². The minimum atomic E-state index is -3.25. The zero-order valence-corrected chi connectivity index (χ0v) is 40.4. The van der Waals surface area contributed by atoms with E-state index in [0.29, 0.717) is 37.6 Å². The minimum Gasteiger partial charge on any atom is -0.415 e. The molecule has 9 rings (SSSR count). The van der Waals surface area contributed by atoms with Crippen molar-refractivity contribution in [3.8, 4) is 33.7 Å². The number of rotatable bonds is 14. The molecule has 2 aliphatic heterocycles. The highest BCUT2D eigenvalue weighted by Gasteiger charge is 2.28. The number of piperidine rings is 2. The molecular formula is C55H51F6N9O5. The molecule has 2 fully saturated rings. The molecule has 0 saturated carbocycles. The number of carbonyl (C=O) groups is 4. The van der Waals surface area contributed by atoms with E-state index < -0.39 is 48.6 Å². The van der Waals surface area contributed by atoms with Crippen LogP contribution in [0.15, 0.2) is 138 Å². The monoisotopic (exact) mass is 1030 g/mol. The summed E-state index contributed by atoms with van der Waals surface area (Å²) in [6, 6.07) is 29.8. The molecule has 7 aromatic rings. The topological polar surface area (TPSA) is 158 Å². The van der Waals surface area contributed by atoms with E-state index >= 15 is 8.78 Å². The Hall–Kier alpha value is -8.42. The van der Waals surface area contributed by atoms with Crippen LogP contribution in [0, 0.1) is 11.6 Å². The maximum atomic E-state index is 15.2. The maximum Gasteiger partial charge on any atom is 0.324 e. The maximum absolute atomic E-state index is 15.2. The van der Waals surface area contributed by atoms with Crippen molar-refractivity contribution in [2.45, 2.75) is 64.5 Å². The van der Waals surface area contributed by atoms with Gasteiger partial charge >= 0.3 is 24.9 Å². The normalized spacial score (nSPS) is 13.5. The standard InChI is InChI=1S/C28H27F3N4O3.C27H24F3N5O2/c29-24-15-20(25(36)17-33-27(37)26(30)31)6-7-22(24)18-35(28(38)34-13-2-1-3-14-34)23-10-8-19(9-11-23)21-5-4-12-32-16-21;28-23-15-19(25-32-33-26(37-25)24(29)30)6-7-21(23)17-35(27(36)34-13-2-1-3-14-34)22-10-8-18(9-11-22)20-5-4-12-31-16-20/h4-12,15-16,26H,1-3,13-14,17-18H2,(H,33,37);4-12,15-16,24H,1-3,13-14,17H2. The molecule has 1 N–H and O–H groups in total. The van der Waals surface area contributed by atoms with E-state index in [1.165, 1.54) is 29.2 Å². The number of benzene rings is 4. The van der Waals surface area contributed by atoms with Crippen LogP contribution in [-0.4, -0.2) is 92.9 Å². The lowest BCUT2D eigenvalue weighted by molar-refractivity contribution is -0.131. The largest absolute Gasteiger partial charge is 0.415 e. The van der Waals surface area contributed by atoms with Crippen LogP contribution in [0.25, 0.3) is 33.7 Å². The van der Waals surface area contributed by atoms with Gasteiger partial charge in [-0.15, -0.1) is 10.2 Å². The van der Waals surface area contributed by atoms with E-state index in [-0.39, 0.29) is 53.3 Å². The number of nitrogens with zero attached hydrogens (tertiary/aromatic N) is 8. The molecule has 0 atom stereocenters. The molecule has 2 aliphatic rings. The summed E-state index contributed by atoms with van der Waals surface area (Å²) in [6.45, 7) is 1.75. The van der Waals surface area contributed by atoms with Gasteiger partial charge in [0.05, 0.1) is 19.6 Å². The van der Waals surface area contributed by atoms with Crippen LogP contribution >= 0.6 is 0 Å². The molecule has 5 amide bonds. The summed E-state index contributed by atoms with van der Waals surface area (Å²) in [4.78, 5) is 65.2. The Morgan fingerprint density at radius 3 is 1.48 bits per heavy atom. The lowest BCUT2D eigenvalue weighted by atomic mass is 10.1. The van der Waals surface area contributed by atoms with Crippen LogP contribution in [0.5, 0.6) is 0 Å². The quantitative estimate of drug-likeness (QED) is 0.0827. The molecule has 0 spiro atoms. The average molecular weight is 1030 g/mol. The molecule has 75 heavy (non-hydrogen) atoms. The number of halogens is 6. The van der Waals surface area contributed by atoms with Crippen molar-refractivity contribution in [2.75, 3.05) is 42.5 Å². The van der Waals surface area contributed by atoms with Crippen LogP contribution in [0.4, 0.5) is 47.3 Å². The molecule has 0 radical (unpaired) electrons. The summed E-state index contributed by atoms with van der Waals surface area (Å²) in [5.74, 6) is -4.65. The number of carbonyl (C=O) groups excluding carboxylic acids is 4. The van der Waals surface area contributed by atoms with Crippen molar-refractivity contribution in [3.05, 3.63) is 168 Å². The summed E-state index contributed by atoms with van der Waals surface area (Å²) in [5.41, 5.74) is 5.49. The Balaban J connectivity index is 0.000000199. The molecule has 2 saturated heterocycles. The summed E-state index contributed by atoms with van der Waals surface area (Å²) >= 11 is 0. The van der Waals surface area contributed by atoms with Gasteiger partial charge in [-0.25, -0.2) is 18.4 Å². The number of hydrogen-bond acceptors (Lipinski definition) is 9. The van der Waals surface area contributed by atoms with Crippen LogP contribution in [0.2, 0.25) is 0 Å². The number of Topliss-reactive ketones (excluding diaryl/α,β-unsaturated/α-hetero) is 1. The highest BCUT2D eigenvalue weighted by Crippen LogP contribution is 2.30. The summed E-state index contributed by atoms with van der Waals surface area (Å²) in [5, 5.41) is 8.67. The molecule has 20 heteroatoms. The van der Waals surface area contributed by atoms with E-state index in [9.17, 15) is 36.7 Å². The Labute approximate surface area is 428 Å². The van der Waals surface area contributed by atoms with Gasteiger partial charge in [0.1, 0.15) is 11.6 Å². The third-order valence-electron chi connectivity index (χ3n) is 12.6. The summed E-state index contributed by atoms with van der Waals surface area (Å²) in [7, 11) is 0. The smallest absolute Gasteiger partial charge is 0.324 e. The van der Waals surface area contributed by atoms with Gasteiger partial charge < -0.3 is 19.5 Å². The van der Waals surface area contributed by atoms with E-state index in [1.54, 1.807) is 51.6 Å². The molecule has 0 bridgehead atoms. The lowest BCUT2D eigenvalue weighted by Crippen LogP contribution is -2.45. The van der Waals surface area contributed by atoms with Crippen molar-refractivity contribution in [1.29, 1.82) is 0 Å². The SMILES string of the molecule is O=C(CNC(=O)C(F)F)c1ccc(CN(C(=O)N2CCCCC2)c2ccc(-c3cccnc3)cc2)c(F)c1.O=C(N1CCCCC1)N(Cc1ccc(-c2nnc(C(F)F)o2)cc1F)c1ccc(-c2cccnc2)cc1. The molecule has 4 aromatic carbocycles. The van der Waals surface area contributed by atoms with Gasteiger partial charge in [0, 0.05) is 84.6 Å². The van der Waals surface area contributed by atoms with Crippen molar-refractivity contribution in [2.24, 2.45) is 0 Å². The summed E-state index contributed by atoms with van der Waals surface area (Å²) in [6.07, 6.45) is 6.48. The molecule has 5 heterocycles. The second-order valence-corrected chi connectivity index (χ2v) is 17.7. The van der Waals surface area contributed by atoms with Gasteiger partial charge in [0.2, 0.25) is 5.89 Å². The first-order valence-electron chi connectivity index (χ1n) is 24.2. The van der Waals surface area contributed by atoms with E-state index in [2.05, 4.69) is 20.2 Å². The molecule has 388 valence electrons. The Morgan fingerprint density at radius 1 is 0.573 bits per heavy atom. The molecule has 3 aromatic heterocycles. The fourth-order valence-corrected chi connectivity index (χ4v) is 8.57. The predicted octanol–water partition coefficient (Wildman–Crippen LogP) is 11.6. The third kappa shape index (κ3) is 13.6. The number of anilines is 2. The number of hydrogen-bond donors (Lipinski definition) is 1. The number of aromatic nitrogens is 4. The van der Waals surface area contributed by atoms with E-state index in [0.717, 1.165) is 72.9 Å². The van der Waals surface area contributed by atoms with Gasteiger partial charge in [-0.1, -0.05) is 54.6 Å². The van der Waals surface area contributed by atoms with Crippen molar-refractivity contribution >= 4 is 35.1 Å². The predicted molar refractivity (Wildman–Crippen MR) is 268 cm³/mol. The zero-order chi connectivity index (χ0) is 52.8. The third-order valence-corrected chi connectivity index (χ3v) is 12.6. The highest BCUT2D eigenvalue weighted by molar-refractivity contribution is 6.00. The van der Waals surface area contributed by atoms with Crippen molar-refractivity contribution in [1.82, 2.24) is 35.3 Å². The van der Waals surface area contributed by atoms with Crippen LogP contribution in [-0.2, 0) is 17.9 Å². The fraction of sp³-hybridized carbons (Fsp3) is 0.273. The van der Waals surface area contributed by atoms with Gasteiger partial charge in [0.15, 0.2) is 5.78 Å². The van der Waals surface area contributed by atoms with Crippen molar-refractivity contribution < 1.29 is 49.9 Å². The molecule has 0 unspecified atom stereocenters. The second kappa shape index (κ2) is 25.0. The van der Waals surface area contributed by atoms with E-state index in [1.807, 2.05) is 66.0 Å². The number of pyridine rings is 2. The number of nitrogens with one attached hydrogen (secondary N) is 1. The van der Waals surface area contributed by atoms with Crippen LogP contribution < -0.4 is 15.1 Å². The fourth-order valence-electron chi connectivity index (χ4n) is 8.57. The summed E-state index contributed by atoms with van der Waals surface area (Å²) < 4.78 is 85.4. The Bertz CT molecular complexity index is 3050. The Morgan fingerprint density at radius 2 is 1.05 bits per heavy atom. The van der Waals surface area contributed by atoms with E-state index in [4.69, 9.17) is 4.42 Å². The zero-order valence-electron chi connectivity index (χ0n) is 40.4. The minimum absolute atomic E-state index is 0.0141. The highest BCUT2D eigenvalue weighted by atomic mass is 19.3. The number of urea groups is 2. The first-order chi connectivity index (χ1) is 36.3. The van der Waals surface area contributed by atoms with Gasteiger partial charge in [0.25, 0.3) is 11.8 Å². The number of alkyl halides is 4.